The van der Waals surface area contributed by atoms with E-state index in [9.17, 15) is 0 Å². The number of hydrogen-bond donors (Lipinski definition) is 0. The molecule has 2 aromatic heterocycles. The molecule has 0 spiro atoms. The van der Waals surface area contributed by atoms with E-state index in [2.05, 4.69) is 27.3 Å². The number of aryl methyl sites for hydroxylation is 1. The summed E-state index contributed by atoms with van der Waals surface area (Å²) >= 11 is 0. The summed E-state index contributed by atoms with van der Waals surface area (Å²) in [4.78, 5) is 5.60. The Morgan fingerprint density at radius 2 is 2.33 bits per heavy atom. The van der Waals surface area contributed by atoms with Crippen LogP contribution < -0.4 is 0 Å². The first-order valence-corrected chi connectivity index (χ1v) is 4.87. The summed E-state index contributed by atoms with van der Waals surface area (Å²) in [5, 5.41) is 12.2. The summed E-state index contributed by atoms with van der Waals surface area (Å²) in [6, 6.07) is 3.77. The minimum atomic E-state index is 0.618. The van der Waals surface area contributed by atoms with Crippen LogP contribution in [0.1, 0.15) is 12.8 Å². The molecule has 0 atom stereocenters. The van der Waals surface area contributed by atoms with Gasteiger partial charge in [0.05, 0.1) is 6.54 Å². The number of tetrazole rings is 1. The quantitative estimate of drug-likeness (QED) is 0.751. The SMILES string of the molecule is [CH2]CCCn1nnc(-c2cccnc2)n1. The minimum absolute atomic E-state index is 0.618. The van der Waals surface area contributed by atoms with E-state index in [1.165, 1.54) is 0 Å². The van der Waals surface area contributed by atoms with Gasteiger partial charge in [-0.2, -0.15) is 4.80 Å². The number of rotatable bonds is 4. The molecule has 5 nitrogen and oxygen atoms in total. The maximum absolute atomic E-state index is 4.24. The van der Waals surface area contributed by atoms with Gasteiger partial charge >= 0.3 is 0 Å². The summed E-state index contributed by atoms with van der Waals surface area (Å²) < 4.78 is 0. The van der Waals surface area contributed by atoms with Gasteiger partial charge < -0.3 is 0 Å². The molecule has 0 aromatic carbocycles. The van der Waals surface area contributed by atoms with Crippen LogP contribution in [0.3, 0.4) is 0 Å². The Hall–Kier alpha value is -1.78. The lowest BCUT2D eigenvalue weighted by atomic mass is 10.3. The third kappa shape index (κ3) is 2.37. The van der Waals surface area contributed by atoms with E-state index in [0.29, 0.717) is 5.82 Å². The van der Waals surface area contributed by atoms with Crippen molar-refractivity contribution in [2.24, 2.45) is 0 Å². The zero-order chi connectivity index (χ0) is 10.5. The van der Waals surface area contributed by atoms with Crippen molar-refractivity contribution in [3.8, 4) is 11.4 Å². The predicted molar refractivity (Wildman–Crippen MR) is 55.6 cm³/mol. The number of unbranched alkanes of at least 4 members (excludes halogenated alkanes) is 1. The number of aromatic nitrogens is 5. The molecule has 0 fully saturated rings. The maximum Gasteiger partial charge on any atom is 0.206 e. The molecule has 0 unspecified atom stereocenters. The first kappa shape index (κ1) is 9.76. The Kier molecular flexibility index (Phi) is 3.02. The van der Waals surface area contributed by atoms with Gasteiger partial charge in [-0.05, 0) is 23.8 Å². The molecular weight excluding hydrogens is 190 g/mol. The molecule has 2 rings (SSSR count). The van der Waals surface area contributed by atoms with Gasteiger partial charge in [-0.25, -0.2) is 0 Å². The van der Waals surface area contributed by atoms with Gasteiger partial charge in [0.15, 0.2) is 0 Å². The fourth-order valence-corrected chi connectivity index (χ4v) is 1.20. The highest BCUT2D eigenvalue weighted by molar-refractivity contribution is 5.51. The van der Waals surface area contributed by atoms with Gasteiger partial charge in [0, 0.05) is 18.0 Å². The van der Waals surface area contributed by atoms with Crippen molar-refractivity contribution in [2.45, 2.75) is 19.4 Å². The second kappa shape index (κ2) is 4.63. The summed E-state index contributed by atoms with van der Waals surface area (Å²) in [5.74, 6) is 0.618. The van der Waals surface area contributed by atoms with E-state index in [-0.39, 0.29) is 0 Å². The Labute approximate surface area is 88.2 Å². The average Bonchev–Trinajstić information content (AvgIpc) is 2.76. The zero-order valence-corrected chi connectivity index (χ0v) is 8.37. The highest BCUT2D eigenvalue weighted by Gasteiger charge is 2.04. The lowest BCUT2D eigenvalue weighted by Crippen LogP contribution is -2.01. The van der Waals surface area contributed by atoms with Crippen molar-refractivity contribution in [3.05, 3.63) is 31.5 Å². The number of hydrogen-bond acceptors (Lipinski definition) is 4. The molecule has 0 bridgehead atoms. The van der Waals surface area contributed by atoms with Gasteiger partial charge in [-0.1, -0.05) is 13.3 Å². The van der Waals surface area contributed by atoms with E-state index in [4.69, 9.17) is 0 Å². The smallest absolute Gasteiger partial charge is 0.206 e. The summed E-state index contributed by atoms with van der Waals surface area (Å²) in [6.07, 6.45) is 5.28. The summed E-state index contributed by atoms with van der Waals surface area (Å²) in [7, 11) is 0. The van der Waals surface area contributed by atoms with E-state index in [1.54, 1.807) is 17.2 Å². The van der Waals surface area contributed by atoms with Crippen LogP contribution in [-0.2, 0) is 6.54 Å². The molecule has 0 aliphatic rings. The van der Waals surface area contributed by atoms with Gasteiger partial charge in [0.1, 0.15) is 0 Å². The summed E-state index contributed by atoms with van der Waals surface area (Å²) in [5.41, 5.74) is 0.887. The van der Waals surface area contributed by atoms with Crippen molar-refractivity contribution >= 4 is 0 Å². The lowest BCUT2D eigenvalue weighted by molar-refractivity contribution is 0.502. The zero-order valence-electron chi connectivity index (χ0n) is 8.37. The molecule has 0 saturated carbocycles. The maximum atomic E-state index is 4.24. The minimum Gasteiger partial charge on any atom is -0.264 e. The number of nitrogens with zero attached hydrogens (tertiary/aromatic N) is 5. The monoisotopic (exact) mass is 202 g/mol. The van der Waals surface area contributed by atoms with Crippen LogP contribution in [0.25, 0.3) is 11.4 Å². The highest BCUT2D eigenvalue weighted by Crippen LogP contribution is 2.10. The van der Waals surface area contributed by atoms with Crippen molar-refractivity contribution < 1.29 is 0 Å². The topological polar surface area (TPSA) is 56.5 Å². The third-order valence-electron chi connectivity index (χ3n) is 1.98. The molecule has 0 aliphatic heterocycles. The molecule has 2 aromatic rings. The standard InChI is InChI=1S/C10H12N5/c1-2-3-7-15-13-10(12-14-15)9-5-4-6-11-8-9/h4-6,8H,1-3,7H2. The molecular formula is C10H12N5. The van der Waals surface area contributed by atoms with E-state index < -0.39 is 0 Å². The van der Waals surface area contributed by atoms with Crippen molar-refractivity contribution in [1.82, 2.24) is 25.2 Å². The molecule has 15 heavy (non-hydrogen) atoms. The van der Waals surface area contributed by atoms with E-state index >= 15 is 0 Å². The molecule has 1 radical (unpaired) electrons. The molecule has 0 saturated heterocycles. The Morgan fingerprint density at radius 1 is 1.40 bits per heavy atom. The van der Waals surface area contributed by atoms with Gasteiger partial charge in [0.25, 0.3) is 0 Å². The highest BCUT2D eigenvalue weighted by atomic mass is 15.6. The Balaban J connectivity index is 2.14. The normalized spacial score (nSPS) is 10.5. The average molecular weight is 202 g/mol. The van der Waals surface area contributed by atoms with Gasteiger partial charge in [-0.15, -0.1) is 10.2 Å². The first-order valence-electron chi connectivity index (χ1n) is 4.87. The molecule has 0 amide bonds. The van der Waals surface area contributed by atoms with Crippen LogP contribution >= 0.6 is 0 Å². The molecule has 0 aliphatic carbocycles. The first-order chi connectivity index (χ1) is 7.40. The van der Waals surface area contributed by atoms with Crippen molar-refractivity contribution in [2.75, 3.05) is 0 Å². The predicted octanol–water partition coefficient (Wildman–Crippen LogP) is 1.35. The fourth-order valence-electron chi connectivity index (χ4n) is 1.20. The van der Waals surface area contributed by atoms with Crippen LogP contribution in [-0.4, -0.2) is 25.2 Å². The molecule has 5 heteroatoms. The van der Waals surface area contributed by atoms with Gasteiger partial charge in [-0.3, -0.25) is 4.98 Å². The van der Waals surface area contributed by atoms with Crippen LogP contribution in [0, 0.1) is 6.92 Å². The Bertz CT molecular complexity index is 409. The second-order valence-corrected chi connectivity index (χ2v) is 3.16. The third-order valence-corrected chi connectivity index (χ3v) is 1.98. The summed E-state index contributed by atoms with van der Waals surface area (Å²) in [6.45, 7) is 4.53. The van der Waals surface area contributed by atoms with Crippen LogP contribution in [0.4, 0.5) is 0 Å². The van der Waals surface area contributed by atoms with E-state index in [1.807, 2.05) is 12.1 Å². The van der Waals surface area contributed by atoms with Crippen LogP contribution in [0.15, 0.2) is 24.5 Å². The van der Waals surface area contributed by atoms with Crippen molar-refractivity contribution in [3.63, 3.8) is 0 Å². The molecule has 77 valence electrons. The van der Waals surface area contributed by atoms with Crippen LogP contribution in [0.5, 0.6) is 0 Å². The molecule has 2 heterocycles. The van der Waals surface area contributed by atoms with E-state index in [0.717, 1.165) is 24.9 Å². The fraction of sp³-hybridized carbons (Fsp3) is 0.300. The second-order valence-electron chi connectivity index (χ2n) is 3.16. The lowest BCUT2D eigenvalue weighted by Gasteiger charge is -1.94. The number of pyridine rings is 1. The van der Waals surface area contributed by atoms with Crippen LogP contribution in [0.2, 0.25) is 0 Å². The molecule has 0 N–H and O–H groups in total. The van der Waals surface area contributed by atoms with Gasteiger partial charge in [0.2, 0.25) is 5.82 Å². The largest absolute Gasteiger partial charge is 0.264 e. The Morgan fingerprint density at radius 3 is 3.07 bits per heavy atom. The van der Waals surface area contributed by atoms with Crippen molar-refractivity contribution in [1.29, 1.82) is 0 Å².